The summed E-state index contributed by atoms with van der Waals surface area (Å²) >= 11 is 0. The molecule has 17 heavy (non-hydrogen) atoms. The summed E-state index contributed by atoms with van der Waals surface area (Å²) in [7, 11) is 1.92. The van der Waals surface area contributed by atoms with E-state index in [1.807, 2.05) is 17.8 Å². The average molecular weight is 228 g/mol. The molecule has 1 aromatic heterocycles. The Bertz CT molecular complexity index is 508. The third-order valence-electron chi connectivity index (χ3n) is 3.65. The highest BCUT2D eigenvalue weighted by Gasteiger charge is 2.30. The van der Waals surface area contributed by atoms with Crippen LogP contribution in [0.2, 0.25) is 0 Å². The van der Waals surface area contributed by atoms with Gasteiger partial charge in [0, 0.05) is 25.4 Å². The molecule has 0 fully saturated rings. The van der Waals surface area contributed by atoms with E-state index in [1.165, 1.54) is 11.1 Å². The number of aromatic nitrogens is 2. The Morgan fingerprint density at radius 2 is 1.94 bits per heavy atom. The number of nitrogens with zero attached hydrogens (tertiary/aromatic N) is 2. The normalized spacial score (nSPS) is 17.1. The van der Waals surface area contributed by atoms with Gasteiger partial charge in [0.2, 0.25) is 0 Å². The van der Waals surface area contributed by atoms with Crippen molar-refractivity contribution in [3.8, 4) is 0 Å². The van der Waals surface area contributed by atoms with Gasteiger partial charge in [-0.25, -0.2) is 4.98 Å². The van der Waals surface area contributed by atoms with Gasteiger partial charge in [-0.2, -0.15) is 0 Å². The van der Waals surface area contributed by atoms with E-state index in [0.717, 1.165) is 18.7 Å². The minimum absolute atomic E-state index is 0.258. The fourth-order valence-corrected chi connectivity index (χ4v) is 2.69. The molecule has 3 rings (SSSR count). The summed E-state index contributed by atoms with van der Waals surface area (Å²) in [5, 5.41) is 10.4. The van der Waals surface area contributed by atoms with E-state index < -0.39 is 6.10 Å². The lowest BCUT2D eigenvalue weighted by Crippen LogP contribution is -2.16. The first-order valence-electron chi connectivity index (χ1n) is 5.98. The summed E-state index contributed by atoms with van der Waals surface area (Å²) in [5.74, 6) is 1.02. The van der Waals surface area contributed by atoms with Crippen molar-refractivity contribution in [1.29, 1.82) is 0 Å². The second kappa shape index (κ2) is 4.00. The van der Waals surface area contributed by atoms with E-state index in [-0.39, 0.29) is 5.92 Å². The predicted octanol–water partition coefficient (Wildman–Crippen LogP) is 1.87. The van der Waals surface area contributed by atoms with E-state index in [4.69, 9.17) is 0 Å². The standard InChI is InChI=1S/C14H16N2O/c1-16-7-6-15-14(16)13(17)12-8-10-4-2-3-5-11(10)9-12/h2-7,12-13,17H,8-9H2,1H3. The van der Waals surface area contributed by atoms with Crippen molar-refractivity contribution in [2.24, 2.45) is 13.0 Å². The Hall–Kier alpha value is -1.61. The summed E-state index contributed by atoms with van der Waals surface area (Å²) in [6.45, 7) is 0. The summed E-state index contributed by atoms with van der Waals surface area (Å²) in [4.78, 5) is 4.24. The zero-order chi connectivity index (χ0) is 11.8. The minimum Gasteiger partial charge on any atom is -0.385 e. The molecular formula is C14H16N2O. The Morgan fingerprint density at radius 3 is 2.47 bits per heavy atom. The van der Waals surface area contributed by atoms with Crippen molar-refractivity contribution in [1.82, 2.24) is 9.55 Å². The number of hydrogen-bond acceptors (Lipinski definition) is 2. The van der Waals surface area contributed by atoms with Gasteiger partial charge in [0.1, 0.15) is 11.9 Å². The van der Waals surface area contributed by atoms with Crippen LogP contribution in [-0.2, 0) is 19.9 Å². The van der Waals surface area contributed by atoms with E-state index in [9.17, 15) is 5.11 Å². The van der Waals surface area contributed by atoms with Gasteiger partial charge in [0.05, 0.1) is 0 Å². The zero-order valence-electron chi connectivity index (χ0n) is 9.87. The lowest BCUT2D eigenvalue weighted by atomic mass is 9.98. The van der Waals surface area contributed by atoms with Crippen molar-refractivity contribution in [3.05, 3.63) is 53.6 Å². The maximum Gasteiger partial charge on any atom is 0.137 e. The smallest absolute Gasteiger partial charge is 0.137 e. The van der Waals surface area contributed by atoms with Crippen LogP contribution in [-0.4, -0.2) is 14.7 Å². The number of imidazole rings is 1. The van der Waals surface area contributed by atoms with Crippen LogP contribution in [0.25, 0.3) is 0 Å². The van der Waals surface area contributed by atoms with Gasteiger partial charge in [-0.1, -0.05) is 24.3 Å². The van der Waals surface area contributed by atoms with E-state index in [2.05, 4.69) is 29.2 Å². The van der Waals surface area contributed by atoms with Crippen LogP contribution in [0, 0.1) is 5.92 Å². The molecule has 1 aliphatic rings. The van der Waals surface area contributed by atoms with Crippen LogP contribution in [0.3, 0.4) is 0 Å². The monoisotopic (exact) mass is 228 g/mol. The first kappa shape index (κ1) is 10.5. The third kappa shape index (κ3) is 1.76. The maximum atomic E-state index is 10.4. The van der Waals surface area contributed by atoms with Crippen LogP contribution < -0.4 is 0 Å². The van der Waals surface area contributed by atoms with Crippen molar-refractivity contribution >= 4 is 0 Å². The van der Waals surface area contributed by atoms with Crippen molar-refractivity contribution < 1.29 is 5.11 Å². The van der Waals surface area contributed by atoms with Gasteiger partial charge in [0.15, 0.2) is 0 Å². The molecule has 0 bridgehead atoms. The van der Waals surface area contributed by atoms with Crippen LogP contribution in [0.4, 0.5) is 0 Å². The molecule has 88 valence electrons. The molecule has 2 aromatic rings. The predicted molar refractivity (Wildman–Crippen MR) is 65.5 cm³/mol. The minimum atomic E-state index is -0.470. The summed E-state index contributed by atoms with van der Waals surface area (Å²) in [5.41, 5.74) is 2.73. The Labute approximate surface area is 101 Å². The Kier molecular flexibility index (Phi) is 2.48. The highest BCUT2D eigenvalue weighted by Crippen LogP contribution is 2.34. The van der Waals surface area contributed by atoms with Crippen molar-refractivity contribution in [2.75, 3.05) is 0 Å². The third-order valence-corrected chi connectivity index (χ3v) is 3.65. The molecule has 0 amide bonds. The quantitative estimate of drug-likeness (QED) is 0.852. The molecule has 3 nitrogen and oxygen atoms in total. The number of fused-ring (bicyclic) bond motifs is 1. The number of hydrogen-bond donors (Lipinski definition) is 1. The van der Waals surface area contributed by atoms with Gasteiger partial charge in [0.25, 0.3) is 0 Å². The molecule has 0 spiro atoms. The van der Waals surface area contributed by atoms with Crippen LogP contribution in [0.1, 0.15) is 23.1 Å². The van der Waals surface area contributed by atoms with Gasteiger partial charge in [-0.15, -0.1) is 0 Å². The SMILES string of the molecule is Cn1ccnc1C(O)C1Cc2ccccc2C1. The van der Waals surface area contributed by atoms with Crippen LogP contribution >= 0.6 is 0 Å². The molecule has 0 radical (unpaired) electrons. The summed E-state index contributed by atoms with van der Waals surface area (Å²) in [6, 6.07) is 8.43. The lowest BCUT2D eigenvalue weighted by Gasteiger charge is -2.17. The van der Waals surface area contributed by atoms with E-state index in [0.29, 0.717) is 0 Å². The zero-order valence-corrected chi connectivity index (χ0v) is 9.87. The van der Waals surface area contributed by atoms with Crippen molar-refractivity contribution in [2.45, 2.75) is 18.9 Å². The van der Waals surface area contributed by atoms with Gasteiger partial charge >= 0.3 is 0 Å². The highest BCUT2D eigenvalue weighted by atomic mass is 16.3. The average Bonchev–Trinajstić information content (AvgIpc) is 2.93. The first-order valence-corrected chi connectivity index (χ1v) is 5.98. The Balaban J connectivity index is 1.83. The number of aliphatic hydroxyl groups is 1. The molecule has 0 saturated heterocycles. The molecule has 3 heteroatoms. The number of aliphatic hydroxyl groups excluding tert-OH is 1. The van der Waals surface area contributed by atoms with E-state index >= 15 is 0 Å². The largest absolute Gasteiger partial charge is 0.385 e. The molecule has 1 unspecified atom stereocenters. The van der Waals surface area contributed by atoms with Gasteiger partial charge in [-0.3, -0.25) is 0 Å². The molecule has 1 aromatic carbocycles. The molecule has 1 atom stereocenters. The fourth-order valence-electron chi connectivity index (χ4n) is 2.69. The molecule has 0 aliphatic heterocycles. The molecule has 1 aliphatic carbocycles. The van der Waals surface area contributed by atoms with Crippen molar-refractivity contribution in [3.63, 3.8) is 0 Å². The lowest BCUT2D eigenvalue weighted by molar-refractivity contribution is 0.102. The second-order valence-electron chi connectivity index (χ2n) is 4.78. The Morgan fingerprint density at radius 1 is 1.29 bits per heavy atom. The number of aryl methyl sites for hydroxylation is 1. The van der Waals surface area contributed by atoms with E-state index in [1.54, 1.807) is 6.20 Å². The van der Waals surface area contributed by atoms with Gasteiger partial charge < -0.3 is 9.67 Å². The molecule has 1 N–H and O–H groups in total. The van der Waals surface area contributed by atoms with Crippen LogP contribution in [0.5, 0.6) is 0 Å². The fraction of sp³-hybridized carbons (Fsp3) is 0.357. The number of rotatable bonds is 2. The highest BCUT2D eigenvalue weighted by molar-refractivity contribution is 5.32. The maximum absolute atomic E-state index is 10.4. The first-order chi connectivity index (χ1) is 8.25. The van der Waals surface area contributed by atoms with Crippen LogP contribution in [0.15, 0.2) is 36.7 Å². The molecule has 0 saturated carbocycles. The second-order valence-corrected chi connectivity index (χ2v) is 4.78. The summed E-state index contributed by atoms with van der Waals surface area (Å²) < 4.78 is 1.90. The van der Waals surface area contributed by atoms with Gasteiger partial charge in [-0.05, 0) is 24.0 Å². The topological polar surface area (TPSA) is 38.0 Å². The number of benzene rings is 1. The molecular weight excluding hydrogens is 212 g/mol. The summed E-state index contributed by atoms with van der Waals surface area (Å²) in [6.07, 6.45) is 5.04. The molecule has 1 heterocycles.